The third kappa shape index (κ3) is 1.10. The van der Waals surface area contributed by atoms with E-state index in [4.69, 9.17) is 5.84 Å². The van der Waals surface area contributed by atoms with Gasteiger partial charge < -0.3 is 0 Å². The van der Waals surface area contributed by atoms with Crippen molar-refractivity contribution in [2.75, 3.05) is 6.67 Å². The predicted octanol–water partition coefficient (Wildman–Crippen LogP) is -0.520. The van der Waals surface area contributed by atoms with Gasteiger partial charge in [0.1, 0.15) is 6.67 Å². The molecule has 0 unspecified atom stereocenters. The largest absolute Gasteiger partial charge is 0.287 e. The number of hydrogen-bond acceptors (Lipinski definition) is 5. The first-order valence-electron chi connectivity index (χ1n) is 3.61. The van der Waals surface area contributed by atoms with Crippen LogP contribution in [-0.2, 0) is 0 Å². The number of hydrazone groups is 1. The van der Waals surface area contributed by atoms with Gasteiger partial charge >= 0.3 is 0 Å². The van der Waals surface area contributed by atoms with Gasteiger partial charge in [0.15, 0.2) is 5.84 Å². The van der Waals surface area contributed by atoms with E-state index in [9.17, 15) is 0 Å². The fourth-order valence-corrected chi connectivity index (χ4v) is 1.05. The summed E-state index contributed by atoms with van der Waals surface area (Å²) in [5, 5.41) is 5.55. The summed E-state index contributed by atoms with van der Waals surface area (Å²) in [5.74, 6) is 6.35. The molecule has 0 bridgehead atoms. The van der Waals surface area contributed by atoms with E-state index < -0.39 is 0 Å². The highest BCUT2D eigenvalue weighted by molar-refractivity contribution is 5.98. The molecule has 5 nitrogen and oxygen atoms in total. The highest BCUT2D eigenvalue weighted by Gasteiger charge is 2.14. The highest BCUT2D eigenvalue weighted by atomic mass is 15.6. The molecule has 0 amide bonds. The van der Waals surface area contributed by atoms with Crippen LogP contribution in [0.1, 0.15) is 5.56 Å². The van der Waals surface area contributed by atoms with Crippen molar-refractivity contribution in [3.05, 3.63) is 30.1 Å². The van der Waals surface area contributed by atoms with Crippen LogP contribution in [0.3, 0.4) is 0 Å². The second-order valence-electron chi connectivity index (χ2n) is 2.46. The molecule has 2 rings (SSSR count). The zero-order chi connectivity index (χ0) is 8.39. The Bertz CT molecular complexity index is 294. The molecule has 3 N–H and O–H groups in total. The Morgan fingerprint density at radius 3 is 3.08 bits per heavy atom. The minimum atomic E-state index is 0.546. The first kappa shape index (κ1) is 7.05. The molecule has 0 radical (unpaired) electrons. The van der Waals surface area contributed by atoms with Crippen LogP contribution >= 0.6 is 0 Å². The van der Waals surface area contributed by atoms with Crippen LogP contribution in [0.25, 0.3) is 0 Å². The molecular weight excluding hydrogens is 154 g/mol. The van der Waals surface area contributed by atoms with Gasteiger partial charge in [-0.2, -0.15) is 5.10 Å². The molecule has 1 aromatic heterocycles. The molecule has 62 valence electrons. The summed E-state index contributed by atoms with van der Waals surface area (Å²) < 4.78 is 0. The number of aromatic nitrogens is 1. The van der Waals surface area contributed by atoms with Gasteiger partial charge in [-0.25, -0.2) is 5.84 Å². The van der Waals surface area contributed by atoms with Crippen LogP contribution in [0.2, 0.25) is 0 Å². The van der Waals surface area contributed by atoms with Gasteiger partial charge in [0.25, 0.3) is 0 Å². The number of rotatable bonds is 1. The number of amidine groups is 1. The van der Waals surface area contributed by atoms with E-state index in [2.05, 4.69) is 15.5 Å². The van der Waals surface area contributed by atoms with Crippen molar-refractivity contribution >= 4 is 5.84 Å². The van der Waals surface area contributed by atoms with Crippen molar-refractivity contribution in [2.24, 2.45) is 10.9 Å². The van der Waals surface area contributed by atoms with E-state index in [0.29, 0.717) is 6.67 Å². The molecule has 1 aliphatic heterocycles. The van der Waals surface area contributed by atoms with Crippen LogP contribution in [0.15, 0.2) is 29.6 Å². The zero-order valence-corrected chi connectivity index (χ0v) is 6.44. The van der Waals surface area contributed by atoms with E-state index in [0.717, 1.165) is 11.4 Å². The number of nitrogens with zero attached hydrogens (tertiary/aromatic N) is 3. The lowest BCUT2D eigenvalue weighted by Crippen LogP contribution is -2.36. The fourth-order valence-electron chi connectivity index (χ4n) is 1.05. The molecule has 1 aliphatic rings. The first-order valence-corrected chi connectivity index (χ1v) is 3.61. The predicted molar refractivity (Wildman–Crippen MR) is 44.8 cm³/mol. The second-order valence-corrected chi connectivity index (χ2v) is 2.46. The summed E-state index contributed by atoms with van der Waals surface area (Å²) in [6.07, 6.45) is 3.44. The Morgan fingerprint density at radius 1 is 1.58 bits per heavy atom. The van der Waals surface area contributed by atoms with E-state index in [1.807, 2.05) is 12.1 Å². The number of pyridine rings is 1. The molecule has 2 heterocycles. The van der Waals surface area contributed by atoms with Crippen LogP contribution in [0, 0.1) is 0 Å². The standard InChI is InChI=1S/C7H9N5/c8-12-5-10-11-7(12)6-2-1-3-9-4-6/h1-4,10H,5,8H2. The van der Waals surface area contributed by atoms with Crippen molar-refractivity contribution in [3.8, 4) is 0 Å². The zero-order valence-electron chi connectivity index (χ0n) is 6.44. The van der Waals surface area contributed by atoms with Crippen molar-refractivity contribution in [1.82, 2.24) is 15.4 Å². The van der Waals surface area contributed by atoms with Crippen molar-refractivity contribution in [3.63, 3.8) is 0 Å². The van der Waals surface area contributed by atoms with Gasteiger partial charge in [-0.3, -0.25) is 15.4 Å². The quantitative estimate of drug-likeness (QED) is 0.547. The topological polar surface area (TPSA) is 66.5 Å². The lowest BCUT2D eigenvalue weighted by atomic mass is 10.2. The minimum Gasteiger partial charge on any atom is -0.287 e. The third-order valence-electron chi connectivity index (χ3n) is 1.62. The summed E-state index contributed by atoms with van der Waals surface area (Å²) >= 11 is 0. The number of hydrogen-bond donors (Lipinski definition) is 2. The molecule has 0 aromatic carbocycles. The average Bonchev–Trinajstić information content (AvgIpc) is 2.53. The molecule has 1 aromatic rings. The van der Waals surface area contributed by atoms with Crippen LogP contribution in [-0.4, -0.2) is 22.5 Å². The molecule has 12 heavy (non-hydrogen) atoms. The monoisotopic (exact) mass is 163 g/mol. The minimum absolute atomic E-state index is 0.546. The van der Waals surface area contributed by atoms with Crippen LogP contribution < -0.4 is 11.3 Å². The molecule has 0 atom stereocenters. The van der Waals surface area contributed by atoms with Gasteiger partial charge in [-0.05, 0) is 12.1 Å². The Kier molecular flexibility index (Phi) is 1.64. The summed E-state index contributed by atoms with van der Waals surface area (Å²) in [6.45, 7) is 0.546. The maximum atomic E-state index is 5.62. The third-order valence-corrected chi connectivity index (χ3v) is 1.62. The number of nitrogens with two attached hydrogens (primary N) is 1. The highest BCUT2D eigenvalue weighted by Crippen LogP contribution is 2.03. The Hall–Kier alpha value is -1.62. The summed E-state index contributed by atoms with van der Waals surface area (Å²) in [4.78, 5) is 3.97. The van der Waals surface area contributed by atoms with Gasteiger partial charge in [0.05, 0.1) is 0 Å². The molecular formula is C7H9N5. The van der Waals surface area contributed by atoms with E-state index in [-0.39, 0.29) is 0 Å². The maximum absolute atomic E-state index is 5.62. The summed E-state index contributed by atoms with van der Waals surface area (Å²) in [7, 11) is 0. The van der Waals surface area contributed by atoms with E-state index in [1.165, 1.54) is 5.01 Å². The molecule has 0 spiro atoms. The average molecular weight is 163 g/mol. The van der Waals surface area contributed by atoms with Gasteiger partial charge in [0.2, 0.25) is 0 Å². The van der Waals surface area contributed by atoms with Crippen LogP contribution in [0.5, 0.6) is 0 Å². The van der Waals surface area contributed by atoms with Crippen molar-refractivity contribution < 1.29 is 0 Å². The van der Waals surface area contributed by atoms with Crippen molar-refractivity contribution in [1.29, 1.82) is 0 Å². The van der Waals surface area contributed by atoms with Crippen LogP contribution in [0.4, 0.5) is 0 Å². The maximum Gasteiger partial charge on any atom is 0.173 e. The molecule has 0 saturated heterocycles. The lowest BCUT2D eigenvalue weighted by molar-refractivity contribution is 0.446. The molecule has 0 fully saturated rings. The summed E-state index contributed by atoms with van der Waals surface area (Å²) in [5.41, 5.74) is 3.70. The second kappa shape index (κ2) is 2.78. The number of nitrogens with one attached hydrogen (secondary N) is 1. The molecule has 0 aliphatic carbocycles. The van der Waals surface area contributed by atoms with E-state index >= 15 is 0 Å². The smallest absolute Gasteiger partial charge is 0.173 e. The Labute approximate surface area is 69.9 Å². The normalized spacial score (nSPS) is 15.8. The van der Waals surface area contributed by atoms with Gasteiger partial charge in [-0.15, -0.1) is 0 Å². The Balaban J connectivity index is 2.31. The fraction of sp³-hybridized carbons (Fsp3) is 0.143. The molecule has 0 saturated carbocycles. The van der Waals surface area contributed by atoms with Crippen molar-refractivity contribution in [2.45, 2.75) is 0 Å². The summed E-state index contributed by atoms with van der Waals surface area (Å²) in [6, 6.07) is 3.77. The van der Waals surface area contributed by atoms with E-state index in [1.54, 1.807) is 12.4 Å². The number of hydrazine groups is 1. The lowest BCUT2D eigenvalue weighted by Gasteiger charge is -2.10. The molecule has 5 heteroatoms. The van der Waals surface area contributed by atoms with Gasteiger partial charge in [0, 0.05) is 18.0 Å². The SMILES string of the molecule is NN1CNN=C1c1cccnc1. The Morgan fingerprint density at radius 2 is 2.50 bits per heavy atom. The first-order chi connectivity index (χ1) is 5.88. The van der Waals surface area contributed by atoms with Gasteiger partial charge in [-0.1, -0.05) is 0 Å².